The summed E-state index contributed by atoms with van der Waals surface area (Å²) in [7, 11) is 0. The molecule has 4 heteroatoms. The molecule has 0 amide bonds. The quantitative estimate of drug-likeness (QED) is 0.330. The molecular weight excluding hydrogens is 230 g/mol. The SMILES string of the molecule is S=C(S)NCCCCCCCCCS. The Balaban J connectivity index is 2.88. The zero-order valence-electron chi connectivity index (χ0n) is 8.67. The number of thiocarbonyl (C=S) groups is 1. The first kappa shape index (κ1) is 14.6. The van der Waals surface area contributed by atoms with Gasteiger partial charge in [0, 0.05) is 6.54 Å². The molecule has 0 atom stereocenters. The van der Waals surface area contributed by atoms with E-state index < -0.39 is 0 Å². The number of unbranched alkanes of at least 4 members (excludes halogenated alkanes) is 6. The fourth-order valence-corrected chi connectivity index (χ4v) is 1.75. The summed E-state index contributed by atoms with van der Waals surface area (Å²) in [6.45, 7) is 0.971. The largest absolute Gasteiger partial charge is 0.371 e. The molecule has 0 rings (SSSR count). The zero-order valence-corrected chi connectivity index (χ0v) is 11.3. The molecule has 1 N–H and O–H groups in total. The van der Waals surface area contributed by atoms with Gasteiger partial charge in [-0.2, -0.15) is 12.6 Å². The van der Waals surface area contributed by atoms with Crippen molar-refractivity contribution in [3.05, 3.63) is 0 Å². The lowest BCUT2D eigenvalue weighted by atomic mass is 10.1. The molecular formula is C10H21NS3. The molecule has 0 spiro atoms. The van der Waals surface area contributed by atoms with Gasteiger partial charge in [-0.25, -0.2) is 0 Å². The van der Waals surface area contributed by atoms with Crippen LogP contribution in [-0.2, 0) is 0 Å². The van der Waals surface area contributed by atoms with Crippen LogP contribution < -0.4 is 5.32 Å². The first-order valence-electron chi connectivity index (χ1n) is 5.35. The monoisotopic (exact) mass is 251 g/mol. The predicted octanol–water partition coefficient (Wildman–Crippen LogP) is 3.45. The van der Waals surface area contributed by atoms with Crippen molar-refractivity contribution in [1.29, 1.82) is 0 Å². The average Bonchev–Trinajstić information content (AvgIpc) is 2.15. The Labute approximate surface area is 104 Å². The van der Waals surface area contributed by atoms with Crippen molar-refractivity contribution in [2.75, 3.05) is 12.3 Å². The molecule has 84 valence electrons. The predicted molar refractivity (Wildman–Crippen MR) is 75.8 cm³/mol. The molecule has 0 heterocycles. The van der Waals surface area contributed by atoms with Crippen LogP contribution in [0.4, 0.5) is 0 Å². The highest BCUT2D eigenvalue weighted by molar-refractivity contribution is 8.11. The molecule has 0 aliphatic rings. The van der Waals surface area contributed by atoms with E-state index in [0.717, 1.165) is 12.3 Å². The molecule has 0 saturated heterocycles. The van der Waals surface area contributed by atoms with Crippen molar-refractivity contribution in [2.45, 2.75) is 44.9 Å². The van der Waals surface area contributed by atoms with Crippen molar-refractivity contribution in [1.82, 2.24) is 5.32 Å². The van der Waals surface area contributed by atoms with E-state index in [-0.39, 0.29) is 0 Å². The van der Waals surface area contributed by atoms with Gasteiger partial charge in [0.1, 0.15) is 4.32 Å². The number of hydrogen-bond acceptors (Lipinski definition) is 2. The van der Waals surface area contributed by atoms with Gasteiger partial charge >= 0.3 is 0 Å². The van der Waals surface area contributed by atoms with Crippen molar-refractivity contribution in [3.63, 3.8) is 0 Å². The lowest BCUT2D eigenvalue weighted by Crippen LogP contribution is -2.17. The first-order chi connectivity index (χ1) is 6.77. The summed E-state index contributed by atoms with van der Waals surface area (Å²) < 4.78 is 0.610. The van der Waals surface area contributed by atoms with Crippen molar-refractivity contribution >= 4 is 41.8 Å². The van der Waals surface area contributed by atoms with E-state index in [9.17, 15) is 0 Å². The molecule has 0 aromatic carbocycles. The Hall–Kier alpha value is 0.590. The second-order valence-electron chi connectivity index (χ2n) is 3.43. The van der Waals surface area contributed by atoms with E-state index in [1.54, 1.807) is 0 Å². The summed E-state index contributed by atoms with van der Waals surface area (Å²) in [4.78, 5) is 0. The third-order valence-corrected chi connectivity index (χ3v) is 2.73. The Morgan fingerprint density at radius 2 is 1.43 bits per heavy atom. The smallest absolute Gasteiger partial charge is 0.130 e. The molecule has 0 bridgehead atoms. The van der Waals surface area contributed by atoms with Crippen molar-refractivity contribution < 1.29 is 0 Å². The summed E-state index contributed by atoms with van der Waals surface area (Å²) >= 11 is 13.0. The molecule has 0 aromatic rings. The maximum absolute atomic E-state index is 4.79. The summed E-state index contributed by atoms with van der Waals surface area (Å²) in [6, 6.07) is 0. The van der Waals surface area contributed by atoms with Gasteiger partial charge in [-0.05, 0) is 18.6 Å². The third-order valence-electron chi connectivity index (χ3n) is 2.11. The summed E-state index contributed by atoms with van der Waals surface area (Å²) in [5.41, 5.74) is 0. The van der Waals surface area contributed by atoms with E-state index in [1.807, 2.05) is 0 Å². The summed E-state index contributed by atoms with van der Waals surface area (Å²) in [5.74, 6) is 1.03. The third kappa shape index (κ3) is 12.6. The minimum atomic E-state index is 0.610. The highest BCUT2D eigenvalue weighted by atomic mass is 32.1. The molecule has 14 heavy (non-hydrogen) atoms. The topological polar surface area (TPSA) is 12.0 Å². The molecule has 0 aliphatic carbocycles. The van der Waals surface area contributed by atoms with Gasteiger partial charge < -0.3 is 5.32 Å². The van der Waals surface area contributed by atoms with Gasteiger partial charge in [0.25, 0.3) is 0 Å². The van der Waals surface area contributed by atoms with E-state index in [2.05, 4.69) is 30.6 Å². The van der Waals surface area contributed by atoms with Crippen LogP contribution in [0.5, 0.6) is 0 Å². The van der Waals surface area contributed by atoms with Crippen LogP contribution >= 0.6 is 37.5 Å². The summed E-state index contributed by atoms with van der Waals surface area (Å²) in [5, 5.41) is 3.04. The Morgan fingerprint density at radius 1 is 0.929 bits per heavy atom. The van der Waals surface area contributed by atoms with Gasteiger partial charge in [0.15, 0.2) is 0 Å². The Kier molecular flexibility index (Phi) is 12.2. The number of hydrogen-bond donors (Lipinski definition) is 3. The first-order valence-corrected chi connectivity index (χ1v) is 6.84. The average molecular weight is 251 g/mol. The van der Waals surface area contributed by atoms with E-state index >= 15 is 0 Å². The highest BCUT2D eigenvalue weighted by Gasteiger charge is 1.91. The Bertz CT molecular complexity index is 139. The Morgan fingerprint density at radius 3 is 1.93 bits per heavy atom. The minimum Gasteiger partial charge on any atom is -0.371 e. The number of thiol groups is 2. The molecule has 1 nitrogen and oxygen atoms in total. The van der Waals surface area contributed by atoms with Gasteiger partial charge in [-0.1, -0.05) is 44.3 Å². The lowest BCUT2D eigenvalue weighted by molar-refractivity contribution is 0.588. The molecule has 0 radical (unpaired) electrons. The molecule has 0 saturated carbocycles. The number of rotatable bonds is 9. The maximum Gasteiger partial charge on any atom is 0.130 e. The van der Waals surface area contributed by atoms with Crippen molar-refractivity contribution in [2.24, 2.45) is 0 Å². The van der Waals surface area contributed by atoms with Crippen LogP contribution in [0.15, 0.2) is 0 Å². The van der Waals surface area contributed by atoms with Crippen LogP contribution in [0.3, 0.4) is 0 Å². The normalized spacial score (nSPS) is 10.1. The van der Waals surface area contributed by atoms with Crippen LogP contribution in [0.1, 0.15) is 44.9 Å². The van der Waals surface area contributed by atoms with E-state index in [4.69, 9.17) is 12.2 Å². The lowest BCUT2D eigenvalue weighted by Gasteiger charge is -2.03. The minimum absolute atomic E-state index is 0.610. The zero-order chi connectivity index (χ0) is 10.6. The number of nitrogens with one attached hydrogen (secondary N) is 1. The maximum atomic E-state index is 4.79. The fraction of sp³-hybridized carbons (Fsp3) is 0.900. The van der Waals surface area contributed by atoms with Crippen LogP contribution in [0, 0.1) is 0 Å². The highest BCUT2D eigenvalue weighted by Crippen LogP contribution is 2.07. The van der Waals surface area contributed by atoms with Gasteiger partial charge in [-0.3, -0.25) is 0 Å². The van der Waals surface area contributed by atoms with Crippen LogP contribution in [0.2, 0.25) is 0 Å². The van der Waals surface area contributed by atoms with Gasteiger partial charge in [0.2, 0.25) is 0 Å². The van der Waals surface area contributed by atoms with Crippen molar-refractivity contribution in [3.8, 4) is 0 Å². The van der Waals surface area contributed by atoms with Crippen LogP contribution in [0.25, 0.3) is 0 Å². The van der Waals surface area contributed by atoms with E-state index in [0.29, 0.717) is 4.32 Å². The molecule has 0 aliphatic heterocycles. The fourth-order valence-electron chi connectivity index (χ4n) is 1.32. The second kappa shape index (κ2) is 11.7. The van der Waals surface area contributed by atoms with Gasteiger partial charge in [0.05, 0.1) is 0 Å². The summed E-state index contributed by atoms with van der Waals surface area (Å²) in [6.07, 6.45) is 9.16. The standard InChI is InChI=1S/C10H21NS3/c12-9-7-5-3-1-2-4-6-8-11-10(13)14/h12H,1-9H2,(H2,11,13,14). The van der Waals surface area contributed by atoms with Crippen LogP contribution in [-0.4, -0.2) is 16.6 Å². The second-order valence-corrected chi connectivity index (χ2v) is 5.04. The molecule has 0 unspecified atom stereocenters. The molecule has 0 aromatic heterocycles. The van der Waals surface area contributed by atoms with E-state index in [1.165, 1.54) is 44.9 Å². The molecule has 0 fully saturated rings. The van der Waals surface area contributed by atoms with Gasteiger partial charge in [-0.15, -0.1) is 12.6 Å².